The maximum absolute atomic E-state index is 6.53. The molecule has 2 heterocycles. The van der Waals surface area contributed by atoms with Gasteiger partial charge >= 0.3 is 0 Å². The van der Waals surface area contributed by atoms with Crippen molar-refractivity contribution in [3.8, 4) is 5.75 Å². The molecule has 2 aromatic carbocycles. The van der Waals surface area contributed by atoms with Crippen molar-refractivity contribution in [1.82, 2.24) is 0 Å². The van der Waals surface area contributed by atoms with E-state index in [0.29, 0.717) is 13.0 Å². The molecule has 0 radical (unpaired) electrons. The first-order valence-electron chi connectivity index (χ1n) is 7.90. The average Bonchev–Trinajstić information content (AvgIpc) is 2.63. The van der Waals surface area contributed by atoms with E-state index >= 15 is 0 Å². The van der Waals surface area contributed by atoms with Gasteiger partial charge in [-0.25, -0.2) is 0 Å². The molecule has 4 rings (SSSR count). The van der Waals surface area contributed by atoms with Gasteiger partial charge in [-0.2, -0.15) is 0 Å². The summed E-state index contributed by atoms with van der Waals surface area (Å²) in [7, 11) is 0. The number of rotatable bonds is 3. The molecule has 0 fully saturated rings. The summed E-state index contributed by atoms with van der Waals surface area (Å²) in [6, 6.07) is 18.3. The van der Waals surface area contributed by atoms with E-state index in [1.807, 2.05) is 42.5 Å². The van der Waals surface area contributed by atoms with Gasteiger partial charge in [0, 0.05) is 17.5 Å². The molecule has 1 atom stereocenters. The third-order valence-electron chi connectivity index (χ3n) is 4.34. The standard InChI is InChI=1S/C20H18N2O/c1-2-12-20(15-8-4-3-5-9-15)19-18(21-13-14-22-19)16-10-6-7-11-17(16)23-20/h2-11H,1,12-14H2. The van der Waals surface area contributed by atoms with Crippen LogP contribution in [0.4, 0.5) is 0 Å². The Morgan fingerprint density at radius 2 is 1.74 bits per heavy atom. The van der Waals surface area contributed by atoms with Crippen LogP contribution >= 0.6 is 0 Å². The molecular weight excluding hydrogens is 284 g/mol. The zero-order valence-electron chi connectivity index (χ0n) is 12.9. The number of nitrogens with zero attached hydrogens (tertiary/aromatic N) is 2. The molecule has 0 spiro atoms. The van der Waals surface area contributed by atoms with E-state index in [1.54, 1.807) is 0 Å². The minimum atomic E-state index is -0.642. The quantitative estimate of drug-likeness (QED) is 0.794. The first-order valence-corrected chi connectivity index (χ1v) is 7.90. The van der Waals surface area contributed by atoms with E-state index in [2.05, 4.69) is 24.8 Å². The van der Waals surface area contributed by atoms with Crippen LogP contribution in [0.1, 0.15) is 17.5 Å². The van der Waals surface area contributed by atoms with Crippen molar-refractivity contribution in [3.05, 3.63) is 78.4 Å². The number of fused-ring (bicyclic) bond motifs is 3. The van der Waals surface area contributed by atoms with E-state index in [-0.39, 0.29) is 0 Å². The van der Waals surface area contributed by atoms with Crippen LogP contribution in [0.5, 0.6) is 5.75 Å². The van der Waals surface area contributed by atoms with E-state index in [9.17, 15) is 0 Å². The van der Waals surface area contributed by atoms with Crippen molar-refractivity contribution >= 4 is 11.4 Å². The smallest absolute Gasteiger partial charge is 0.181 e. The summed E-state index contributed by atoms with van der Waals surface area (Å²) in [5.74, 6) is 0.859. The topological polar surface area (TPSA) is 34.0 Å². The second-order valence-corrected chi connectivity index (χ2v) is 5.74. The number of hydrogen-bond donors (Lipinski definition) is 0. The molecule has 0 bridgehead atoms. The van der Waals surface area contributed by atoms with E-state index < -0.39 is 5.60 Å². The van der Waals surface area contributed by atoms with Crippen LogP contribution in [0.25, 0.3) is 0 Å². The number of hydrogen-bond acceptors (Lipinski definition) is 3. The minimum absolute atomic E-state index is 0.642. The van der Waals surface area contributed by atoms with Gasteiger partial charge in [-0.3, -0.25) is 9.98 Å². The molecule has 1 unspecified atom stereocenters. The summed E-state index contributed by atoms with van der Waals surface area (Å²) in [6.45, 7) is 5.38. The van der Waals surface area contributed by atoms with Crippen LogP contribution in [0, 0.1) is 0 Å². The highest BCUT2D eigenvalue weighted by molar-refractivity contribution is 6.52. The highest BCUT2D eigenvalue weighted by Gasteiger charge is 2.46. The van der Waals surface area contributed by atoms with Crippen molar-refractivity contribution in [2.24, 2.45) is 9.98 Å². The molecule has 0 amide bonds. The molecule has 2 aromatic rings. The predicted molar refractivity (Wildman–Crippen MR) is 93.7 cm³/mol. The fraction of sp³-hybridized carbons (Fsp3) is 0.200. The minimum Gasteiger partial charge on any atom is -0.475 e. The molecular formula is C20H18N2O. The van der Waals surface area contributed by atoms with Gasteiger partial charge in [-0.15, -0.1) is 6.58 Å². The van der Waals surface area contributed by atoms with Crippen molar-refractivity contribution in [2.75, 3.05) is 13.1 Å². The Labute approximate surface area is 136 Å². The monoisotopic (exact) mass is 302 g/mol. The van der Waals surface area contributed by atoms with Gasteiger partial charge in [-0.05, 0) is 12.1 Å². The van der Waals surface area contributed by atoms with Gasteiger partial charge in [0.2, 0.25) is 0 Å². The van der Waals surface area contributed by atoms with Crippen molar-refractivity contribution in [1.29, 1.82) is 0 Å². The normalized spacial score (nSPS) is 22.1. The highest BCUT2D eigenvalue weighted by atomic mass is 16.5. The Morgan fingerprint density at radius 1 is 1.00 bits per heavy atom. The summed E-state index contributed by atoms with van der Waals surface area (Å²) < 4.78 is 6.53. The number of para-hydroxylation sites is 1. The summed E-state index contributed by atoms with van der Waals surface area (Å²) in [6.07, 6.45) is 2.55. The van der Waals surface area contributed by atoms with Gasteiger partial charge in [-0.1, -0.05) is 48.5 Å². The SMILES string of the molecule is C=CCC1(c2ccccc2)Oc2ccccc2C2=NCCN=C21. The van der Waals surface area contributed by atoms with Crippen LogP contribution in [-0.2, 0) is 5.60 Å². The largest absolute Gasteiger partial charge is 0.475 e. The lowest BCUT2D eigenvalue weighted by Crippen LogP contribution is -2.50. The van der Waals surface area contributed by atoms with Crippen LogP contribution in [0.2, 0.25) is 0 Å². The molecule has 3 heteroatoms. The predicted octanol–water partition coefficient (Wildman–Crippen LogP) is 3.79. The maximum Gasteiger partial charge on any atom is 0.181 e. The Kier molecular flexibility index (Phi) is 3.34. The van der Waals surface area contributed by atoms with Crippen LogP contribution in [0.15, 0.2) is 77.2 Å². The molecule has 0 saturated carbocycles. The fourth-order valence-electron chi connectivity index (χ4n) is 3.35. The van der Waals surface area contributed by atoms with E-state index in [0.717, 1.165) is 34.8 Å². The zero-order valence-corrected chi connectivity index (χ0v) is 12.9. The Balaban J connectivity index is 1.98. The Morgan fingerprint density at radius 3 is 2.57 bits per heavy atom. The lowest BCUT2D eigenvalue weighted by molar-refractivity contribution is 0.142. The number of benzene rings is 2. The van der Waals surface area contributed by atoms with Crippen molar-refractivity contribution < 1.29 is 4.74 Å². The highest BCUT2D eigenvalue weighted by Crippen LogP contribution is 2.41. The molecule has 2 aliphatic heterocycles. The molecule has 3 nitrogen and oxygen atoms in total. The number of ether oxygens (including phenoxy) is 1. The van der Waals surface area contributed by atoms with Gasteiger partial charge in [0.15, 0.2) is 5.60 Å². The molecule has 114 valence electrons. The molecule has 0 N–H and O–H groups in total. The van der Waals surface area contributed by atoms with Crippen molar-refractivity contribution in [3.63, 3.8) is 0 Å². The third kappa shape index (κ3) is 2.12. The third-order valence-corrected chi connectivity index (χ3v) is 4.34. The van der Waals surface area contributed by atoms with Crippen LogP contribution < -0.4 is 4.74 Å². The van der Waals surface area contributed by atoms with Gasteiger partial charge < -0.3 is 4.74 Å². The molecule has 2 aliphatic rings. The van der Waals surface area contributed by atoms with Crippen LogP contribution in [-0.4, -0.2) is 24.5 Å². The fourth-order valence-corrected chi connectivity index (χ4v) is 3.35. The van der Waals surface area contributed by atoms with Crippen molar-refractivity contribution in [2.45, 2.75) is 12.0 Å². The first-order chi connectivity index (χ1) is 11.3. The second-order valence-electron chi connectivity index (χ2n) is 5.74. The zero-order chi connectivity index (χ0) is 15.7. The van der Waals surface area contributed by atoms with Gasteiger partial charge in [0.25, 0.3) is 0 Å². The molecule has 0 aliphatic carbocycles. The van der Waals surface area contributed by atoms with Gasteiger partial charge in [0.1, 0.15) is 11.5 Å². The lowest BCUT2D eigenvalue weighted by atomic mass is 9.79. The molecule has 23 heavy (non-hydrogen) atoms. The summed E-state index contributed by atoms with van der Waals surface area (Å²) in [5.41, 5.74) is 3.36. The Bertz CT molecular complexity index is 807. The lowest BCUT2D eigenvalue weighted by Gasteiger charge is -2.41. The summed E-state index contributed by atoms with van der Waals surface area (Å²) in [5, 5.41) is 0. The first kappa shape index (κ1) is 13.9. The summed E-state index contributed by atoms with van der Waals surface area (Å²) in [4.78, 5) is 9.58. The molecule has 0 saturated heterocycles. The van der Waals surface area contributed by atoms with E-state index in [1.165, 1.54) is 0 Å². The maximum atomic E-state index is 6.53. The van der Waals surface area contributed by atoms with Gasteiger partial charge in [0.05, 0.1) is 18.8 Å². The number of aliphatic imine (C=N–C) groups is 2. The second kappa shape index (κ2) is 5.51. The Hall–Kier alpha value is -2.68. The average molecular weight is 302 g/mol. The van der Waals surface area contributed by atoms with E-state index in [4.69, 9.17) is 14.7 Å². The summed E-state index contributed by atoms with van der Waals surface area (Å²) >= 11 is 0. The van der Waals surface area contributed by atoms with Crippen LogP contribution in [0.3, 0.4) is 0 Å². The molecule has 0 aromatic heterocycles.